The van der Waals surface area contributed by atoms with Gasteiger partial charge in [0.1, 0.15) is 6.20 Å². The van der Waals surface area contributed by atoms with E-state index >= 15 is 0 Å². The summed E-state index contributed by atoms with van der Waals surface area (Å²) in [5.41, 5.74) is 0. The minimum absolute atomic E-state index is 0.519. The van der Waals surface area contributed by atoms with E-state index in [2.05, 4.69) is 10.2 Å². The van der Waals surface area contributed by atoms with Crippen molar-refractivity contribution in [3.63, 3.8) is 0 Å². The molecule has 0 aliphatic rings. The molecule has 1 aromatic heterocycles. The predicted octanol–water partition coefficient (Wildman–Crippen LogP) is -0.609. The van der Waals surface area contributed by atoms with E-state index in [9.17, 15) is 4.55 Å². The molecule has 5 heteroatoms. The van der Waals surface area contributed by atoms with Gasteiger partial charge in [-0.3, -0.25) is 5.10 Å². The van der Waals surface area contributed by atoms with Gasteiger partial charge >= 0.3 is 0 Å². The molecule has 0 fully saturated rings. The van der Waals surface area contributed by atoms with Crippen LogP contribution in [0.25, 0.3) is 0 Å². The summed E-state index contributed by atoms with van der Waals surface area (Å²) in [6, 6.07) is 0. The van der Waals surface area contributed by atoms with Gasteiger partial charge < -0.3 is 4.55 Å². The van der Waals surface area contributed by atoms with Crippen LogP contribution >= 0.6 is 0 Å². The van der Waals surface area contributed by atoms with Crippen LogP contribution < -0.4 is 5.14 Å². The smallest absolute Gasteiger partial charge is 0.211 e. The molecule has 3 N–H and O–H groups in total. The number of hydrogen-bond donors (Lipinski definition) is 2. The van der Waals surface area contributed by atoms with Crippen molar-refractivity contribution in [3.8, 4) is 0 Å². The van der Waals surface area contributed by atoms with E-state index in [1.165, 1.54) is 12.4 Å². The SMILES string of the molecule is N[S+]([O-])c1cn[nH]c1. The Morgan fingerprint density at radius 1 is 1.88 bits per heavy atom. The molecule has 0 bridgehead atoms. The van der Waals surface area contributed by atoms with E-state index in [4.69, 9.17) is 5.14 Å². The summed E-state index contributed by atoms with van der Waals surface area (Å²) in [6.45, 7) is 0. The number of nitrogens with two attached hydrogens (primary N) is 1. The largest absolute Gasteiger partial charge is 0.593 e. The Hall–Kier alpha value is -0.520. The van der Waals surface area contributed by atoms with Gasteiger partial charge in [-0.1, -0.05) is 0 Å². The van der Waals surface area contributed by atoms with Crippen molar-refractivity contribution in [2.45, 2.75) is 4.90 Å². The summed E-state index contributed by atoms with van der Waals surface area (Å²) >= 11 is -1.39. The van der Waals surface area contributed by atoms with Gasteiger partial charge in [0.25, 0.3) is 0 Å². The van der Waals surface area contributed by atoms with Crippen molar-refractivity contribution in [1.82, 2.24) is 10.2 Å². The Morgan fingerprint density at radius 2 is 2.62 bits per heavy atom. The maximum absolute atomic E-state index is 10.3. The molecule has 0 aliphatic carbocycles. The van der Waals surface area contributed by atoms with Crippen molar-refractivity contribution >= 4 is 11.4 Å². The number of aromatic amines is 1. The van der Waals surface area contributed by atoms with Gasteiger partial charge in [0.05, 0.1) is 17.6 Å². The average molecular weight is 131 g/mol. The zero-order chi connectivity index (χ0) is 5.98. The van der Waals surface area contributed by atoms with E-state index in [1.54, 1.807) is 0 Å². The van der Waals surface area contributed by atoms with Crippen LogP contribution in [0.1, 0.15) is 0 Å². The highest BCUT2D eigenvalue weighted by Gasteiger charge is 2.03. The second-order valence-electron chi connectivity index (χ2n) is 1.23. The molecule has 0 radical (unpaired) electrons. The third-order valence-corrected chi connectivity index (χ3v) is 1.39. The van der Waals surface area contributed by atoms with E-state index in [0.717, 1.165) is 0 Å². The molecule has 1 atom stereocenters. The molecule has 0 spiro atoms. The first-order valence-corrected chi connectivity index (χ1v) is 3.17. The molecule has 0 amide bonds. The van der Waals surface area contributed by atoms with Crippen LogP contribution in [-0.2, 0) is 11.4 Å². The second kappa shape index (κ2) is 2.17. The lowest BCUT2D eigenvalue weighted by molar-refractivity contribution is 0.597. The van der Waals surface area contributed by atoms with E-state index in [-0.39, 0.29) is 0 Å². The molecule has 0 saturated heterocycles. The van der Waals surface area contributed by atoms with Crippen molar-refractivity contribution in [2.75, 3.05) is 0 Å². The second-order valence-corrected chi connectivity index (χ2v) is 2.30. The van der Waals surface area contributed by atoms with Gasteiger partial charge in [-0.05, 0) is 0 Å². The van der Waals surface area contributed by atoms with Crippen molar-refractivity contribution in [1.29, 1.82) is 0 Å². The molecule has 4 nitrogen and oxygen atoms in total. The summed E-state index contributed by atoms with van der Waals surface area (Å²) in [4.78, 5) is 0.519. The quantitative estimate of drug-likeness (QED) is 0.499. The molecule has 0 aliphatic heterocycles. The summed E-state index contributed by atoms with van der Waals surface area (Å²) < 4.78 is 10.3. The molecular weight excluding hydrogens is 126 g/mol. The zero-order valence-corrected chi connectivity index (χ0v) is 4.81. The Labute approximate surface area is 49.4 Å². The van der Waals surface area contributed by atoms with Crippen LogP contribution in [0.2, 0.25) is 0 Å². The lowest BCUT2D eigenvalue weighted by Gasteiger charge is -1.94. The van der Waals surface area contributed by atoms with Crippen molar-refractivity contribution < 1.29 is 4.55 Å². The predicted molar refractivity (Wildman–Crippen MR) is 29.2 cm³/mol. The van der Waals surface area contributed by atoms with Crippen LogP contribution in [-0.4, -0.2) is 14.8 Å². The van der Waals surface area contributed by atoms with Gasteiger partial charge in [0.15, 0.2) is 0 Å². The van der Waals surface area contributed by atoms with Crippen LogP contribution in [0.15, 0.2) is 17.3 Å². The van der Waals surface area contributed by atoms with Gasteiger partial charge in [-0.25, -0.2) is 0 Å². The molecule has 1 rings (SSSR count). The van der Waals surface area contributed by atoms with Crippen LogP contribution in [0, 0.1) is 0 Å². The monoisotopic (exact) mass is 131 g/mol. The Morgan fingerprint density at radius 3 is 2.88 bits per heavy atom. The first-order valence-electron chi connectivity index (χ1n) is 1.95. The standard InChI is InChI=1S/C3H5N3OS/c4-8(7)3-1-5-6-2-3/h1-2H,4H2,(H,5,6). The Kier molecular flexibility index (Phi) is 1.52. The molecule has 0 aromatic carbocycles. The summed E-state index contributed by atoms with van der Waals surface area (Å²) in [6.07, 6.45) is 2.92. The molecule has 0 saturated carbocycles. The van der Waals surface area contributed by atoms with Crippen molar-refractivity contribution in [2.24, 2.45) is 5.14 Å². The normalized spacial score (nSPS) is 13.8. The number of nitrogens with one attached hydrogen (secondary N) is 1. The minimum Gasteiger partial charge on any atom is -0.593 e. The number of nitrogens with zero attached hydrogens (tertiary/aromatic N) is 1. The third-order valence-electron chi connectivity index (χ3n) is 0.705. The molecule has 1 unspecified atom stereocenters. The lowest BCUT2D eigenvalue weighted by atomic mass is 10.7. The van der Waals surface area contributed by atoms with Crippen molar-refractivity contribution in [3.05, 3.63) is 12.4 Å². The first-order chi connectivity index (χ1) is 3.80. The fraction of sp³-hybridized carbons (Fsp3) is 0. The first kappa shape index (κ1) is 5.61. The maximum Gasteiger partial charge on any atom is 0.211 e. The number of aromatic nitrogens is 2. The fourth-order valence-electron chi connectivity index (χ4n) is 0.349. The molecule has 1 heterocycles. The van der Waals surface area contributed by atoms with Crippen LogP contribution in [0.5, 0.6) is 0 Å². The highest BCUT2D eigenvalue weighted by molar-refractivity contribution is 7.89. The van der Waals surface area contributed by atoms with E-state index < -0.39 is 11.4 Å². The lowest BCUT2D eigenvalue weighted by Crippen LogP contribution is -2.10. The number of rotatable bonds is 1. The third kappa shape index (κ3) is 1.00. The molecular formula is C3H5N3OS. The van der Waals surface area contributed by atoms with Gasteiger partial charge in [-0.15, -0.1) is 5.14 Å². The minimum atomic E-state index is -1.39. The average Bonchev–Trinajstić information content (AvgIpc) is 2.12. The van der Waals surface area contributed by atoms with Crippen LogP contribution in [0.4, 0.5) is 0 Å². The zero-order valence-electron chi connectivity index (χ0n) is 4.00. The van der Waals surface area contributed by atoms with Gasteiger partial charge in [0, 0.05) is 0 Å². The fourth-order valence-corrected chi connectivity index (χ4v) is 0.675. The van der Waals surface area contributed by atoms with Gasteiger partial charge in [0.2, 0.25) is 4.90 Å². The molecule has 44 valence electrons. The van der Waals surface area contributed by atoms with Gasteiger partial charge in [-0.2, -0.15) is 5.10 Å². The molecule has 8 heavy (non-hydrogen) atoms. The summed E-state index contributed by atoms with van der Waals surface area (Å²) in [5.74, 6) is 0. The number of hydrogen-bond acceptors (Lipinski definition) is 3. The Bertz CT molecular complexity index is 150. The van der Waals surface area contributed by atoms with Crippen LogP contribution in [0.3, 0.4) is 0 Å². The van der Waals surface area contributed by atoms with E-state index in [0.29, 0.717) is 4.90 Å². The maximum atomic E-state index is 10.3. The highest BCUT2D eigenvalue weighted by Crippen LogP contribution is 1.98. The summed E-state index contributed by atoms with van der Waals surface area (Å²) in [7, 11) is 0. The Balaban J connectivity index is 2.77. The highest BCUT2D eigenvalue weighted by atomic mass is 32.2. The molecule has 1 aromatic rings. The number of H-pyrrole nitrogens is 1. The summed E-state index contributed by atoms with van der Waals surface area (Å²) in [5, 5.41) is 11.0. The topological polar surface area (TPSA) is 77.8 Å². The van der Waals surface area contributed by atoms with E-state index in [1.807, 2.05) is 0 Å².